The molecular weight excluding hydrogens is 350 g/mol. The topological polar surface area (TPSA) is 70.2 Å². The van der Waals surface area contributed by atoms with E-state index in [1.54, 1.807) is 18.6 Å². The SMILES string of the molecule is O=C(NCc1ccncc1)c1cccnc1N1CCN[C@@H](c2ccccc2)C1. The lowest BCUT2D eigenvalue weighted by Crippen LogP contribution is -2.46. The van der Waals surface area contributed by atoms with Crippen molar-refractivity contribution in [1.29, 1.82) is 0 Å². The molecule has 0 radical (unpaired) electrons. The normalized spacial score (nSPS) is 16.6. The van der Waals surface area contributed by atoms with Crippen LogP contribution in [0.1, 0.15) is 27.5 Å². The number of aromatic nitrogens is 2. The third-order valence-electron chi connectivity index (χ3n) is 4.91. The van der Waals surface area contributed by atoms with Gasteiger partial charge in [-0.1, -0.05) is 30.3 Å². The number of anilines is 1. The minimum absolute atomic E-state index is 0.116. The maximum atomic E-state index is 12.8. The fourth-order valence-electron chi connectivity index (χ4n) is 3.46. The van der Waals surface area contributed by atoms with Crippen LogP contribution in [0.4, 0.5) is 5.82 Å². The standard InChI is InChI=1S/C22H23N5O/c28-22(26-15-17-8-11-23-12-9-17)19-7-4-10-25-21(19)27-14-13-24-20(16-27)18-5-2-1-3-6-18/h1-12,20,24H,13-16H2,(H,26,28)/t20-/m1/s1. The fourth-order valence-corrected chi connectivity index (χ4v) is 3.46. The van der Waals surface area contributed by atoms with Crippen molar-refractivity contribution in [3.05, 3.63) is 89.9 Å². The molecule has 0 bridgehead atoms. The lowest BCUT2D eigenvalue weighted by molar-refractivity contribution is 0.0951. The van der Waals surface area contributed by atoms with Crippen molar-refractivity contribution in [2.45, 2.75) is 12.6 Å². The van der Waals surface area contributed by atoms with Gasteiger partial charge in [0.25, 0.3) is 5.91 Å². The molecule has 1 aromatic carbocycles. The summed E-state index contributed by atoms with van der Waals surface area (Å²) in [5.41, 5.74) is 2.86. The van der Waals surface area contributed by atoms with E-state index in [4.69, 9.17) is 0 Å². The van der Waals surface area contributed by atoms with Crippen molar-refractivity contribution in [2.24, 2.45) is 0 Å². The van der Waals surface area contributed by atoms with Crippen molar-refractivity contribution in [2.75, 3.05) is 24.5 Å². The predicted octanol–water partition coefficient (Wildman–Crippen LogP) is 2.56. The summed E-state index contributed by atoms with van der Waals surface area (Å²) in [5.74, 6) is 0.617. The highest BCUT2D eigenvalue weighted by molar-refractivity contribution is 5.98. The van der Waals surface area contributed by atoms with E-state index in [9.17, 15) is 4.79 Å². The van der Waals surface area contributed by atoms with E-state index < -0.39 is 0 Å². The highest BCUT2D eigenvalue weighted by Gasteiger charge is 2.25. The average Bonchev–Trinajstić information content (AvgIpc) is 2.79. The van der Waals surface area contributed by atoms with E-state index in [2.05, 4.69) is 49.8 Å². The Morgan fingerprint density at radius 2 is 1.89 bits per heavy atom. The Balaban J connectivity index is 1.50. The zero-order valence-corrected chi connectivity index (χ0v) is 15.6. The number of rotatable bonds is 5. The first-order valence-electron chi connectivity index (χ1n) is 9.46. The van der Waals surface area contributed by atoms with Crippen LogP contribution in [0.2, 0.25) is 0 Å². The molecule has 1 amide bonds. The third-order valence-corrected chi connectivity index (χ3v) is 4.91. The summed E-state index contributed by atoms with van der Waals surface area (Å²) in [6, 6.07) is 18.0. The van der Waals surface area contributed by atoms with Gasteiger partial charge in [-0.25, -0.2) is 4.98 Å². The summed E-state index contributed by atoms with van der Waals surface area (Å²) in [5, 5.41) is 6.54. The fraction of sp³-hybridized carbons (Fsp3) is 0.227. The van der Waals surface area contributed by atoms with Gasteiger partial charge in [-0.15, -0.1) is 0 Å². The van der Waals surface area contributed by atoms with E-state index in [0.717, 1.165) is 31.0 Å². The number of benzene rings is 1. The molecule has 1 aliphatic rings. The number of nitrogens with zero attached hydrogens (tertiary/aromatic N) is 3. The van der Waals surface area contributed by atoms with Gasteiger partial charge in [0.05, 0.1) is 5.56 Å². The summed E-state index contributed by atoms with van der Waals surface area (Å²) in [4.78, 5) is 23.6. The molecule has 142 valence electrons. The maximum absolute atomic E-state index is 12.8. The van der Waals surface area contributed by atoms with Crippen molar-refractivity contribution in [3.8, 4) is 0 Å². The summed E-state index contributed by atoms with van der Waals surface area (Å²) in [6.45, 7) is 2.88. The lowest BCUT2D eigenvalue weighted by atomic mass is 10.0. The van der Waals surface area contributed by atoms with E-state index >= 15 is 0 Å². The first kappa shape index (κ1) is 18.1. The Kier molecular flexibility index (Phi) is 5.58. The Morgan fingerprint density at radius 3 is 2.71 bits per heavy atom. The molecule has 0 aliphatic carbocycles. The number of hydrogen-bond donors (Lipinski definition) is 2. The van der Waals surface area contributed by atoms with Crippen molar-refractivity contribution in [1.82, 2.24) is 20.6 Å². The Morgan fingerprint density at radius 1 is 1.07 bits per heavy atom. The molecule has 4 rings (SSSR count). The number of nitrogens with one attached hydrogen (secondary N) is 2. The smallest absolute Gasteiger partial charge is 0.255 e. The molecule has 1 saturated heterocycles. The second-order valence-corrected chi connectivity index (χ2v) is 6.78. The highest BCUT2D eigenvalue weighted by Crippen LogP contribution is 2.23. The maximum Gasteiger partial charge on any atom is 0.255 e. The lowest BCUT2D eigenvalue weighted by Gasteiger charge is -2.35. The third kappa shape index (κ3) is 4.18. The van der Waals surface area contributed by atoms with Crippen LogP contribution in [0, 0.1) is 0 Å². The molecule has 1 aliphatic heterocycles. The number of pyridine rings is 2. The van der Waals surface area contributed by atoms with Crippen LogP contribution in [-0.2, 0) is 6.54 Å². The van der Waals surface area contributed by atoms with Crippen LogP contribution in [-0.4, -0.2) is 35.5 Å². The van der Waals surface area contributed by atoms with Gasteiger partial charge < -0.3 is 15.5 Å². The van der Waals surface area contributed by atoms with E-state index in [-0.39, 0.29) is 11.9 Å². The van der Waals surface area contributed by atoms with Gasteiger partial charge in [0.1, 0.15) is 5.82 Å². The Hall–Kier alpha value is -3.25. The van der Waals surface area contributed by atoms with Gasteiger partial charge in [-0.05, 0) is 35.4 Å². The Bertz CT molecular complexity index is 916. The summed E-state index contributed by atoms with van der Waals surface area (Å²) in [7, 11) is 0. The number of piperazine rings is 1. The molecule has 6 nitrogen and oxygen atoms in total. The molecule has 3 heterocycles. The summed E-state index contributed by atoms with van der Waals surface area (Å²) < 4.78 is 0. The number of hydrogen-bond acceptors (Lipinski definition) is 5. The van der Waals surface area contributed by atoms with Crippen molar-refractivity contribution >= 4 is 11.7 Å². The molecule has 28 heavy (non-hydrogen) atoms. The molecular formula is C22H23N5O. The quantitative estimate of drug-likeness (QED) is 0.719. The van der Waals surface area contributed by atoms with Gasteiger partial charge in [-0.3, -0.25) is 9.78 Å². The number of amides is 1. The van der Waals surface area contributed by atoms with E-state index in [0.29, 0.717) is 12.1 Å². The van der Waals surface area contributed by atoms with Crippen LogP contribution in [0.3, 0.4) is 0 Å². The largest absolute Gasteiger partial charge is 0.353 e. The minimum atomic E-state index is -0.116. The molecule has 0 saturated carbocycles. The molecule has 0 unspecified atom stereocenters. The second-order valence-electron chi connectivity index (χ2n) is 6.78. The van der Waals surface area contributed by atoms with Crippen LogP contribution < -0.4 is 15.5 Å². The van der Waals surface area contributed by atoms with E-state index in [1.807, 2.05) is 30.3 Å². The molecule has 2 N–H and O–H groups in total. The molecule has 1 fully saturated rings. The van der Waals surface area contributed by atoms with Crippen LogP contribution >= 0.6 is 0 Å². The minimum Gasteiger partial charge on any atom is -0.353 e. The zero-order valence-electron chi connectivity index (χ0n) is 15.6. The van der Waals surface area contributed by atoms with E-state index in [1.165, 1.54) is 5.56 Å². The van der Waals surface area contributed by atoms with Crippen LogP contribution in [0.25, 0.3) is 0 Å². The van der Waals surface area contributed by atoms with Crippen LogP contribution in [0.5, 0.6) is 0 Å². The van der Waals surface area contributed by atoms with Gasteiger partial charge in [0.2, 0.25) is 0 Å². The zero-order chi connectivity index (χ0) is 19.2. The van der Waals surface area contributed by atoms with Gasteiger partial charge in [0.15, 0.2) is 0 Å². The second kappa shape index (κ2) is 8.63. The molecule has 2 aromatic heterocycles. The first-order valence-corrected chi connectivity index (χ1v) is 9.46. The molecule has 6 heteroatoms. The molecule has 0 spiro atoms. The van der Waals surface area contributed by atoms with Crippen LogP contribution in [0.15, 0.2) is 73.2 Å². The number of carbonyl (C=O) groups is 1. The van der Waals surface area contributed by atoms with Crippen molar-refractivity contribution in [3.63, 3.8) is 0 Å². The van der Waals surface area contributed by atoms with Gasteiger partial charge in [0, 0.05) is 50.8 Å². The Labute approximate surface area is 164 Å². The monoisotopic (exact) mass is 373 g/mol. The first-order chi connectivity index (χ1) is 13.8. The average molecular weight is 373 g/mol. The highest BCUT2D eigenvalue weighted by atomic mass is 16.1. The summed E-state index contributed by atoms with van der Waals surface area (Å²) >= 11 is 0. The summed E-state index contributed by atoms with van der Waals surface area (Å²) in [6.07, 6.45) is 5.19. The molecule has 3 aromatic rings. The van der Waals surface area contributed by atoms with Crippen molar-refractivity contribution < 1.29 is 4.79 Å². The van der Waals surface area contributed by atoms with Gasteiger partial charge in [-0.2, -0.15) is 0 Å². The predicted molar refractivity (Wildman–Crippen MR) is 109 cm³/mol. The molecule has 1 atom stereocenters. The number of carbonyl (C=O) groups excluding carboxylic acids is 1. The van der Waals surface area contributed by atoms with Gasteiger partial charge >= 0.3 is 0 Å².